The summed E-state index contributed by atoms with van der Waals surface area (Å²) in [6.07, 6.45) is -6.52. The Kier molecular flexibility index (Phi) is 8.49. The molecule has 1 heterocycles. The zero-order valence-corrected chi connectivity index (χ0v) is 26.0. The van der Waals surface area contributed by atoms with Gasteiger partial charge < -0.3 is 53.6 Å². The first-order valence-electron chi connectivity index (χ1n) is 14.0. The Hall–Kier alpha value is -3.96. The number of rotatable bonds is 7. The summed E-state index contributed by atoms with van der Waals surface area (Å²) in [6, 6.07) is 2.39. The van der Waals surface area contributed by atoms with Crippen molar-refractivity contribution in [3.63, 3.8) is 0 Å². The van der Waals surface area contributed by atoms with Crippen molar-refractivity contribution in [3.8, 4) is 11.5 Å². The van der Waals surface area contributed by atoms with Crippen LogP contribution in [0.3, 0.4) is 0 Å². The third kappa shape index (κ3) is 4.24. The molecule has 4 N–H and O–H groups in total. The molecule has 248 valence electrons. The van der Waals surface area contributed by atoms with E-state index in [-0.39, 0.29) is 27.6 Å². The molecule has 2 aromatic rings. The highest BCUT2D eigenvalue weighted by Gasteiger charge is 2.74. The first-order chi connectivity index (χ1) is 21.7. The van der Waals surface area contributed by atoms with Crippen LogP contribution in [0.25, 0.3) is 10.8 Å². The van der Waals surface area contributed by atoms with Gasteiger partial charge in [-0.05, 0) is 36.9 Å². The lowest BCUT2D eigenvalue weighted by Gasteiger charge is -2.49. The highest BCUT2D eigenvalue weighted by molar-refractivity contribution is 6.35. The quantitative estimate of drug-likeness (QED) is 0.232. The molecule has 0 amide bonds. The minimum Gasteiger partial charge on any atom is -0.507 e. The molecular formula is C31H34O15. The number of ether oxygens (including phenoxy) is 7. The average Bonchev–Trinajstić information content (AvgIpc) is 3.01. The van der Waals surface area contributed by atoms with Gasteiger partial charge >= 0.3 is 5.97 Å². The molecule has 2 aliphatic carbocycles. The van der Waals surface area contributed by atoms with Crippen LogP contribution in [-0.4, -0.2) is 127 Å². The lowest BCUT2D eigenvalue weighted by molar-refractivity contribution is -0.278. The Morgan fingerprint density at radius 3 is 2.20 bits per heavy atom. The Morgan fingerprint density at radius 1 is 0.978 bits per heavy atom. The molecule has 1 aliphatic heterocycles. The largest absolute Gasteiger partial charge is 0.507 e. The number of phenols is 1. The minimum absolute atomic E-state index is 0.0388. The van der Waals surface area contributed by atoms with E-state index in [0.717, 1.165) is 33.5 Å². The number of aliphatic hydroxyl groups is 3. The van der Waals surface area contributed by atoms with Crippen molar-refractivity contribution < 1.29 is 72.8 Å². The normalized spacial score (nSPS) is 32.5. The SMILES string of the molecule is COC(=O)c1c(OC2OC(C)C(OC)C(O)C2OC)cc2cc3c(c(O)c2c1C)C(=O)[C@]1(OC)C(=O)C=C(OC)[C@@H](O)[C@]1(O)C3=O. The Morgan fingerprint density at radius 2 is 1.63 bits per heavy atom. The van der Waals surface area contributed by atoms with Crippen LogP contribution >= 0.6 is 0 Å². The van der Waals surface area contributed by atoms with Gasteiger partial charge in [0, 0.05) is 38.4 Å². The van der Waals surface area contributed by atoms with E-state index in [1.165, 1.54) is 27.2 Å². The third-order valence-electron chi connectivity index (χ3n) is 9.05. The second-order valence-corrected chi connectivity index (χ2v) is 11.2. The van der Waals surface area contributed by atoms with Gasteiger partial charge in [-0.25, -0.2) is 4.79 Å². The van der Waals surface area contributed by atoms with Gasteiger partial charge in [-0.3, -0.25) is 14.4 Å². The van der Waals surface area contributed by atoms with Crippen LogP contribution in [0.5, 0.6) is 11.5 Å². The highest BCUT2D eigenvalue weighted by atomic mass is 16.7. The van der Waals surface area contributed by atoms with Crippen LogP contribution in [0.1, 0.15) is 43.6 Å². The lowest BCUT2D eigenvalue weighted by Crippen LogP contribution is -2.77. The predicted molar refractivity (Wildman–Crippen MR) is 154 cm³/mol. The second-order valence-electron chi connectivity index (χ2n) is 11.2. The van der Waals surface area contributed by atoms with Crippen molar-refractivity contribution in [2.75, 3.05) is 35.5 Å². The maximum Gasteiger partial charge on any atom is 0.341 e. The predicted octanol–water partition coefficient (Wildman–Crippen LogP) is 0.124. The van der Waals surface area contributed by atoms with E-state index in [1.54, 1.807) is 6.92 Å². The van der Waals surface area contributed by atoms with Crippen molar-refractivity contribution in [1.82, 2.24) is 0 Å². The van der Waals surface area contributed by atoms with Crippen molar-refractivity contribution in [2.45, 2.75) is 61.9 Å². The number of phenolic OH excluding ortho intramolecular Hbond substituents is 1. The maximum absolute atomic E-state index is 14.1. The standard InChI is InChI=1S/C31H34O15/c1-11-18-13(9-15(19(11)28(38)43-6)46-29-24(42-5)22(34)23(41-4)12(2)45-29)8-14-20(21(18)33)27(37)31(44-7)17(32)10-16(40-3)26(36)30(31,39)25(14)35/h8-10,12,22-24,26,29,33-34,36,39H,1-7H3/t12?,22?,23?,24?,26-,29?,30-,31-/m1/s1. The fraction of sp³-hybridized carbons (Fsp3) is 0.484. The van der Waals surface area contributed by atoms with E-state index in [4.69, 9.17) is 33.2 Å². The number of aromatic hydroxyl groups is 1. The van der Waals surface area contributed by atoms with Crippen LogP contribution in [0.15, 0.2) is 24.0 Å². The fourth-order valence-corrected chi connectivity index (χ4v) is 6.74. The van der Waals surface area contributed by atoms with Crippen LogP contribution < -0.4 is 4.74 Å². The van der Waals surface area contributed by atoms with Crippen LogP contribution in [-0.2, 0) is 33.2 Å². The van der Waals surface area contributed by atoms with E-state index >= 15 is 0 Å². The summed E-state index contributed by atoms with van der Waals surface area (Å²) in [6.45, 7) is 3.06. The molecular weight excluding hydrogens is 612 g/mol. The number of fused-ring (bicyclic) bond motifs is 3. The number of aliphatic hydroxyl groups excluding tert-OH is 2. The third-order valence-corrected chi connectivity index (χ3v) is 9.05. The molecule has 2 aromatic carbocycles. The smallest absolute Gasteiger partial charge is 0.341 e. The number of carbonyl (C=O) groups excluding carboxylic acids is 4. The van der Waals surface area contributed by atoms with Crippen LogP contribution in [0.2, 0.25) is 0 Å². The summed E-state index contributed by atoms with van der Waals surface area (Å²) >= 11 is 0. The summed E-state index contributed by atoms with van der Waals surface area (Å²) in [5, 5.41) is 45.1. The van der Waals surface area contributed by atoms with E-state index in [9.17, 15) is 39.6 Å². The molecule has 5 rings (SSSR count). The second kappa shape index (κ2) is 11.7. The fourth-order valence-electron chi connectivity index (χ4n) is 6.74. The van der Waals surface area contributed by atoms with Gasteiger partial charge in [0.25, 0.3) is 0 Å². The van der Waals surface area contributed by atoms with Crippen molar-refractivity contribution in [1.29, 1.82) is 0 Å². The summed E-state index contributed by atoms with van der Waals surface area (Å²) < 4.78 is 38.0. The number of Topliss-reactive ketones (excluding diaryl/α,β-unsaturated/α-hetero) is 2. The van der Waals surface area contributed by atoms with Gasteiger partial charge in [-0.1, -0.05) is 0 Å². The molecule has 15 nitrogen and oxygen atoms in total. The van der Waals surface area contributed by atoms with E-state index in [0.29, 0.717) is 0 Å². The molecule has 0 aromatic heterocycles. The first kappa shape index (κ1) is 33.4. The highest BCUT2D eigenvalue weighted by Crippen LogP contribution is 2.50. The minimum atomic E-state index is -3.19. The van der Waals surface area contributed by atoms with Crippen molar-refractivity contribution >= 4 is 34.1 Å². The number of aryl methyl sites for hydroxylation is 1. The molecule has 3 aliphatic rings. The summed E-state index contributed by atoms with van der Waals surface area (Å²) in [5.74, 6) is -6.21. The van der Waals surface area contributed by atoms with E-state index in [2.05, 4.69) is 0 Å². The van der Waals surface area contributed by atoms with Gasteiger partial charge in [-0.2, -0.15) is 0 Å². The molecule has 1 saturated heterocycles. The van der Waals surface area contributed by atoms with Crippen LogP contribution in [0.4, 0.5) is 0 Å². The number of benzene rings is 2. The molecule has 0 radical (unpaired) electrons. The van der Waals surface area contributed by atoms with Gasteiger partial charge in [0.1, 0.15) is 41.1 Å². The summed E-state index contributed by atoms with van der Waals surface area (Å²) in [4.78, 5) is 54.6. The lowest BCUT2D eigenvalue weighted by atomic mass is 9.60. The zero-order chi connectivity index (χ0) is 34.0. The number of methoxy groups -OCH3 is 5. The topological polar surface area (TPSA) is 214 Å². The molecule has 8 atom stereocenters. The molecule has 5 unspecified atom stereocenters. The Bertz CT molecular complexity index is 1680. The van der Waals surface area contributed by atoms with E-state index in [1.807, 2.05) is 0 Å². The molecule has 15 heteroatoms. The van der Waals surface area contributed by atoms with Crippen LogP contribution in [0, 0.1) is 6.92 Å². The molecule has 0 spiro atoms. The van der Waals surface area contributed by atoms with Gasteiger partial charge in [0.2, 0.25) is 34.8 Å². The van der Waals surface area contributed by atoms with Crippen molar-refractivity contribution in [3.05, 3.63) is 46.2 Å². The van der Waals surface area contributed by atoms with Gasteiger partial charge in [-0.15, -0.1) is 0 Å². The number of hydrogen-bond donors (Lipinski definition) is 4. The van der Waals surface area contributed by atoms with E-state index < -0.39 is 94.0 Å². The maximum atomic E-state index is 14.1. The van der Waals surface area contributed by atoms with Gasteiger partial charge in [0.15, 0.2) is 6.10 Å². The number of carbonyl (C=O) groups is 4. The molecule has 46 heavy (non-hydrogen) atoms. The molecule has 0 saturated carbocycles. The summed E-state index contributed by atoms with van der Waals surface area (Å²) in [7, 11) is 5.81. The zero-order valence-electron chi connectivity index (χ0n) is 26.0. The number of hydrogen-bond acceptors (Lipinski definition) is 15. The van der Waals surface area contributed by atoms with Gasteiger partial charge in [0.05, 0.1) is 25.9 Å². The Labute approximate surface area is 262 Å². The molecule has 0 bridgehead atoms. The van der Waals surface area contributed by atoms with Crippen molar-refractivity contribution in [2.24, 2.45) is 0 Å². The molecule has 1 fully saturated rings. The number of ketones is 3. The first-order valence-corrected chi connectivity index (χ1v) is 14.0. The number of esters is 1. The Balaban J connectivity index is 1.76. The average molecular weight is 647 g/mol. The monoisotopic (exact) mass is 646 g/mol. The summed E-state index contributed by atoms with van der Waals surface area (Å²) in [5.41, 5.74) is -7.56.